The van der Waals surface area contributed by atoms with Crippen LogP contribution in [0.4, 0.5) is 18.0 Å². The van der Waals surface area contributed by atoms with E-state index in [9.17, 15) is 26.4 Å². The molecule has 0 spiro atoms. The van der Waals surface area contributed by atoms with Gasteiger partial charge in [-0.15, -0.1) is 0 Å². The lowest BCUT2D eigenvalue weighted by atomic mass is 10.1. The molecule has 0 aliphatic heterocycles. The Hall–Kier alpha value is -1.79. The molecule has 12 heteroatoms. The Balaban J connectivity index is 2.42. The second-order valence-electron chi connectivity index (χ2n) is 8.15. The van der Waals surface area contributed by atoms with Crippen LogP contribution < -0.4 is 0 Å². The lowest BCUT2D eigenvalue weighted by Crippen LogP contribution is -2.46. The maximum absolute atomic E-state index is 13.0. The molecule has 1 aromatic carbocycles. The topological polar surface area (TPSA) is 71.9 Å². The Bertz CT molecular complexity index is 1060. The number of ether oxygens (including phenoxy) is 1. The molecule has 0 bridgehead atoms. The van der Waals surface area contributed by atoms with E-state index in [1.165, 1.54) is 20.3 Å². The van der Waals surface area contributed by atoms with E-state index in [0.29, 0.717) is 25.2 Å². The van der Waals surface area contributed by atoms with Crippen molar-refractivity contribution in [3.05, 3.63) is 34.4 Å². The first-order valence-electron chi connectivity index (χ1n) is 9.28. The van der Waals surface area contributed by atoms with E-state index in [-0.39, 0.29) is 13.0 Å². The maximum Gasteiger partial charge on any atom is 0.425 e. The largest absolute Gasteiger partial charge is 0.443 e. The van der Waals surface area contributed by atoms with Gasteiger partial charge >= 0.3 is 22.5 Å². The molecule has 2 aromatic rings. The van der Waals surface area contributed by atoms with Crippen LogP contribution in [0.25, 0.3) is 10.9 Å². The molecule has 1 heterocycles. The molecule has 0 aliphatic carbocycles. The van der Waals surface area contributed by atoms with E-state index < -0.39 is 34.6 Å². The van der Waals surface area contributed by atoms with Crippen molar-refractivity contribution < 1.29 is 31.1 Å². The summed E-state index contributed by atoms with van der Waals surface area (Å²) in [4.78, 5) is 12.6. The summed E-state index contributed by atoms with van der Waals surface area (Å²) in [6.45, 7) is 3.33. The van der Waals surface area contributed by atoms with E-state index in [4.69, 9.17) is 4.74 Å². The third-order valence-corrected chi connectivity index (χ3v) is 6.50. The van der Waals surface area contributed by atoms with Crippen LogP contribution >= 0.6 is 15.9 Å². The number of halogens is 4. The zero-order chi connectivity index (χ0) is 23.8. The van der Waals surface area contributed by atoms with E-state index in [2.05, 4.69) is 15.9 Å². The fourth-order valence-corrected chi connectivity index (χ4v) is 4.19. The minimum Gasteiger partial charge on any atom is -0.443 e. The fourth-order valence-electron chi connectivity index (χ4n) is 2.90. The van der Waals surface area contributed by atoms with Crippen LogP contribution in [0.15, 0.2) is 28.9 Å². The van der Waals surface area contributed by atoms with Gasteiger partial charge in [0.2, 0.25) is 0 Å². The lowest BCUT2D eigenvalue weighted by molar-refractivity contribution is -0.139. The monoisotopic (exact) mass is 527 g/mol. The second kappa shape index (κ2) is 8.99. The molecule has 1 aromatic heterocycles. The molecule has 0 fully saturated rings. The Morgan fingerprint density at radius 3 is 2.32 bits per heavy atom. The van der Waals surface area contributed by atoms with Crippen LogP contribution in [-0.2, 0) is 27.9 Å². The molecule has 0 saturated heterocycles. The third-order valence-electron chi connectivity index (χ3n) is 4.20. The van der Waals surface area contributed by atoms with Crippen molar-refractivity contribution in [3.8, 4) is 0 Å². The van der Waals surface area contributed by atoms with E-state index >= 15 is 0 Å². The van der Waals surface area contributed by atoms with Gasteiger partial charge in [-0.1, -0.05) is 22.0 Å². The third kappa shape index (κ3) is 6.59. The van der Waals surface area contributed by atoms with Crippen LogP contribution in [0.3, 0.4) is 0 Å². The van der Waals surface area contributed by atoms with Crippen molar-refractivity contribution in [3.63, 3.8) is 0 Å². The Morgan fingerprint density at radius 1 is 1.19 bits per heavy atom. The fraction of sp³-hybridized carbons (Fsp3) is 0.526. The van der Waals surface area contributed by atoms with Gasteiger partial charge < -0.3 is 9.30 Å². The number of aromatic nitrogens is 1. The number of amides is 1. The molecule has 0 aliphatic rings. The number of fused-ring (bicyclic) bond motifs is 1. The first-order valence-corrected chi connectivity index (χ1v) is 11.5. The number of hydrogen-bond acceptors (Lipinski definition) is 4. The van der Waals surface area contributed by atoms with E-state index in [0.717, 1.165) is 8.87 Å². The van der Waals surface area contributed by atoms with Crippen LogP contribution in [0.1, 0.15) is 26.3 Å². The summed E-state index contributed by atoms with van der Waals surface area (Å²) < 4.78 is 72.7. The van der Waals surface area contributed by atoms with Crippen molar-refractivity contribution >= 4 is 43.1 Å². The van der Waals surface area contributed by atoms with Gasteiger partial charge in [-0.25, -0.2) is 4.79 Å². The normalized spacial score (nSPS) is 13.1. The second-order valence-corrected chi connectivity index (χ2v) is 11.1. The number of alkyl halides is 3. The molecule has 0 atom stereocenters. The summed E-state index contributed by atoms with van der Waals surface area (Å²) in [7, 11) is -1.61. The highest BCUT2D eigenvalue weighted by atomic mass is 79.9. The lowest BCUT2D eigenvalue weighted by Gasteiger charge is -2.28. The van der Waals surface area contributed by atoms with Gasteiger partial charge in [0.25, 0.3) is 0 Å². The number of rotatable bonds is 6. The molecular weight excluding hydrogens is 503 g/mol. The predicted octanol–water partition coefficient (Wildman–Crippen LogP) is 4.55. The summed E-state index contributed by atoms with van der Waals surface area (Å²) >= 11 is 3.26. The maximum atomic E-state index is 13.0. The quantitative estimate of drug-likeness (QED) is 0.552. The summed E-state index contributed by atoms with van der Waals surface area (Å²) in [5.41, 5.74) is -0.0955. The van der Waals surface area contributed by atoms with Crippen molar-refractivity contribution in [2.75, 3.05) is 20.6 Å². The van der Waals surface area contributed by atoms with Crippen LogP contribution in [0.5, 0.6) is 0 Å². The van der Waals surface area contributed by atoms with E-state index in [1.807, 2.05) is 0 Å². The summed E-state index contributed by atoms with van der Waals surface area (Å²) in [6, 6.07) is 4.90. The van der Waals surface area contributed by atoms with Gasteiger partial charge in [0.05, 0.1) is 0 Å². The van der Waals surface area contributed by atoms with Crippen molar-refractivity contribution in [2.24, 2.45) is 0 Å². The highest BCUT2D eigenvalue weighted by Crippen LogP contribution is 2.29. The summed E-state index contributed by atoms with van der Waals surface area (Å²) in [6.07, 6.45) is -4.14. The highest BCUT2D eigenvalue weighted by molar-refractivity contribution is 9.10. The smallest absolute Gasteiger partial charge is 0.425 e. The number of carbonyl (C=O) groups excluding carboxylic acids is 1. The molecular formula is C19H25BrF3N3O4S. The molecule has 174 valence electrons. The molecule has 0 saturated carbocycles. The first kappa shape index (κ1) is 25.5. The minimum atomic E-state index is -4.43. The SMILES string of the molecule is CN(C)S(=O)(=O)N(CCc1cn(CC(F)(F)F)c2cc(Br)ccc12)C(=O)OC(C)(C)C. The van der Waals surface area contributed by atoms with Crippen LogP contribution in [0.2, 0.25) is 0 Å². The molecule has 2 rings (SSSR count). The molecule has 31 heavy (non-hydrogen) atoms. The van der Waals surface area contributed by atoms with E-state index in [1.54, 1.807) is 39.0 Å². The van der Waals surface area contributed by atoms with Crippen molar-refractivity contribution in [1.82, 2.24) is 13.2 Å². The van der Waals surface area contributed by atoms with Crippen molar-refractivity contribution in [1.29, 1.82) is 0 Å². The highest BCUT2D eigenvalue weighted by Gasteiger charge is 2.34. The summed E-state index contributed by atoms with van der Waals surface area (Å²) in [5, 5.41) is 0.541. The number of hydrogen-bond donors (Lipinski definition) is 0. The van der Waals surface area contributed by atoms with Gasteiger partial charge in [-0.05, 0) is 44.9 Å². The predicted molar refractivity (Wildman–Crippen MR) is 115 cm³/mol. The molecule has 0 unspecified atom stereocenters. The van der Waals surface area contributed by atoms with Crippen molar-refractivity contribution in [2.45, 2.75) is 45.5 Å². The van der Waals surface area contributed by atoms with Gasteiger partial charge in [0, 0.05) is 42.2 Å². The standard InChI is InChI=1S/C19H25BrF3N3O4S/c1-18(2,3)30-17(27)26(31(28,29)24(4)5)9-8-13-11-25(12-19(21,22)23)16-10-14(20)6-7-15(13)16/h6-7,10-11H,8-9,12H2,1-5H3. The van der Waals surface area contributed by atoms with Gasteiger partial charge in [-0.3, -0.25) is 0 Å². The summed E-state index contributed by atoms with van der Waals surface area (Å²) in [5.74, 6) is 0. The Kier molecular flexibility index (Phi) is 7.38. The zero-order valence-electron chi connectivity index (χ0n) is 17.8. The Labute approximate surface area is 188 Å². The van der Waals surface area contributed by atoms with Gasteiger partial charge in [-0.2, -0.15) is 30.2 Å². The van der Waals surface area contributed by atoms with Gasteiger partial charge in [0.1, 0.15) is 12.1 Å². The number of benzene rings is 1. The number of nitrogens with zero attached hydrogens (tertiary/aromatic N) is 3. The molecule has 0 radical (unpaired) electrons. The average Bonchev–Trinajstić information content (AvgIpc) is 2.88. The van der Waals surface area contributed by atoms with Crippen LogP contribution in [0, 0.1) is 0 Å². The molecule has 0 N–H and O–H groups in total. The first-order chi connectivity index (χ1) is 14.0. The molecule has 7 nitrogen and oxygen atoms in total. The minimum absolute atomic E-state index is 0.00923. The molecule has 1 amide bonds. The van der Waals surface area contributed by atoms with Crippen LogP contribution in [-0.4, -0.2) is 60.1 Å². The zero-order valence-corrected chi connectivity index (χ0v) is 20.2. The van der Waals surface area contributed by atoms with Gasteiger partial charge in [0.15, 0.2) is 0 Å². The number of carbonyl (C=O) groups is 1. The Morgan fingerprint density at radius 2 is 1.81 bits per heavy atom. The average molecular weight is 528 g/mol.